The fraction of sp³-hybridized carbons (Fsp3) is 0.316. The zero-order chi connectivity index (χ0) is 20.4. The second kappa shape index (κ2) is 10.6. The molecule has 0 saturated carbocycles. The third-order valence-electron chi connectivity index (χ3n) is 3.72. The van der Waals surface area contributed by atoms with Gasteiger partial charge in [-0.1, -0.05) is 6.07 Å². The van der Waals surface area contributed by atoms with Gasteiger partial charge in [-0.2, -0.15) is 0 Å². The first-order valence-corrected chi connectivity index (χ1v) is 10.1. The number of rotatable bonds is 11. The monoisotopic (exact) mass is 408 g/mol. The average Bonchev–Trinajstić information content (AvgIpc) is 2.71. The minimum absolute atomic E-state index is 0.0847. The molecular formula is C19H24N2O6S. The lowest BCUT2D eigenvalue weighted by Gasteiger charge is -2.10. The summed E-state index contributed by atoms with van der Waals surface area (Å²) in [5, 5.41) is 2.72. The van der Waals surface area contributed by atoms with Gasteiger partial charge in [0.2, 0.25) is 10.0 Å². The van der Waals surface area contributed by atoms with E-state index >= 15 is 0 Å². The van der Waals surface area contributed by atoms with E-state index in [0.29, 0.717) is 23.6 Å². The number of amides is 1. The van der Waals surface area contributed by atoms with Gasteiger partial charge >= 0.3 is 0 Å². The van der Waals surface area contributed by atoms with Gasteiger partial charge in [0.05, 0.1) is 25.2 Å². The van der Waals surface area contributed by atoms with Crippen LogP contribution in [-0.4, -0.2) is 54.8 Å². The smallest absolute Gasteiger partial charge is 0.251 e. The molecule has 0 aliphatic heterocycles. The van der Waals surface area contributed by atoms with Gasteiger partial charge in [-0.15, -0.1) is 0 Å². The highest BCUT2D eigenvalue weighted by atomic mass is 32.2. The van der Waals surface area contributed by atoms with Gasteiger partial charge in [-0.25, -0.2) is 13.1 Å². The lowest BCUT2D eigenvalue weighted by molar-refractivity contribution is 0.0947. The first kappa shape index (κ1) is 21.7. The highest BCUT2D eigenvalue weighted by Crippen LogP contribution is 2.18. The van der Waals surface area contributed by atoms with Gasteiger partial charge in [0.1, 0.15) is 18.1 Å². The number of hydrogen-bond donors (Lipinski definition) is 2. The maximum atomic E-state index is 12.2. The second-order valence-corrected chi connectivity index (χ2v) is 7.47. The molecule has 0 atom stereocenters. The predicted molar refractivity (Wildman–Crippen MR) is 104 cm³/mol. The Morgan fingerprint density at radius 2 is 1.68 bits per heavy atom. The highest BCUT2D eigenvalue weighted by molar-refractivity contribution is 7.89. The molecule has 152 valence electrons. The van der Waals surface area contributed by atoms with Crippen LogP contribution in [0.4, 0.5) is 0 Å². The summed E-state index contributed by atoms with van der Waals surface area (Å²) in [5.41, 5.74) is 0.359. The van der Waals surface area contributed by atoms with Crippen molar-refractivity contribution in [1.82, 2.24) is 10.0 Å². The van der Waals surface area contributed by atoms with Crippen LogP contribution in [-0.2, 0) is 14.8 Å². The van der Waals surface area contributed by atoms with Crippen molar-refractivity contribution in [3.8, 4) is 11.5 Å². The fourth-order valence-corrected chi connectivity index (χ4v) is 3.29. The van der Waals surface area contributed by atoms with E-state index in [1.165, 1.54) is 31.4 Å². The van der Waals surface area contributed by atoms with E-state index in [9.17, 15) is 13.2 Å². The molecule has 1 amide bonds. The lowest BCUT2D eigenvalue weighted by atomic mass is 10.2. The van der Waals surface area contributed by atoms with Crippen LogP contribution in [0.5, 0.6) is 11.5 Å². The van der Waals surface area contributed by atoms with E-state index in [4.69, 9.17) is 14.2 Å². The minimum Gasteiger partial charge on any atom is -0.497 e. The van der Waals surface area contributed by atoms with Gasteiger partial charge in [-0.3, -0.25) is 4.79 Å². The minimum atomic E-state index is -3.62. The van der Waals surface area contributed by atoms with Crippen molar-refractivity contribution in [1.29, 1.82) is 0 Å². The largest absolute Gasteiger partial charge is 0.497 e. The van der Waals surface area contributed by atoms with Crippen molar-refractivity contribution >= 4 is 15.9 Å². The Labute approximate surface area is 164 Å². The van der Waals surface area contributed by atoms with Crippen LogP contribution in [0.1, 0.15) is 10.4 Å². The topological polar surface area (TPSA) is 103 Å². The number of nitrogens with one attached hydrogen (secondary N) is 2. The quantitative estimate of drug-likeness (QED) is 0.545. The molecule has 0 aliphatic carbocycles. The molecule has 2 aromatic carbocycles. The van der Waals surface area contributed by atoms with Crippen molar-refractivity contribution < 1.29 is 27.4 Å². The van der Waals surface area contributed by atoms with Crippen molar-refractivity contribution in [3.63, 3.8) is 0 Å². The maximum absolute atomic E-state index is 12.2. The van der Waals surface area contributed by atoms with Gasteiger partial charge in [0.25, 0.3) is 5.91 Å². The molecule has 9 heteroatoms. The number of carbonyl (C=O) groups is 1. The average molecular weight is 408 g/mol. The number of methoxy groups -OCH3 is 2. The fourth-order valence-electron chi connectivity index (χ4n) is 2.27. The molecule has 0 spiro atoms. The van der Waals surface area contributed by atoms with Gasteiger partial charge < -0.3 is 19.5 Å². The normalized spacial score (nSPS) is 11.1. The van der Waals surface area contributed by atoms with Crippen LogP contribution in [0.3, 0.4) is 0 Å². The Morgan fingerprint density at radius 1 is 0.964 bits per heavy atom. The zero-order valence-electron chi connectivity index (χ0n) is 15.8. The number of ether oxygens (including phenoxy) is 3. The number of sulfonamides is 1. The lowest BCUT2D eigenvalue weighted by Crippen LogP contribution is -2.29. The summed E-state index contributed by atoms with van der Waals surface area (Å²) >= 11 is 0. The Bertz CT molecular complexity index is 868. The molecule has 0 bridgehead atoms. The first-order chi connectivity index (χ1) is 13.5. The van der Waals surface area contributed by atoms with E-state index in [1.54, 1.807) is 19.2 Å². The first-order valence-electron chi connectivity index (χ1n) is 8.60. The van der Waals surface area contributed by atoms with Crippen LogP contribution in [0.25, 0.3) is 0 Å². The van der Waals surface area contributed by atoms with Crippen LogP contribution in [0.2, 0.25) is 0 Å². The van der Waals surface area contributed by atoms with Gasteiger partial charge in [0, 0.05) is 25.3 Å². The standard InChI is InChI=1S/C19H24N2O6S/c1-25-12-11-21-28(23,24)18-8-6-15(7-9-18)19(22)20-10-13-27-17-5-3-4-16(14-17)26-2/h3-9,14,21H,10-13H2,1-2H3,(H,20,22). The Kier molecular flexibility index (Phi) is 8.24. The van der Waals surface area contributed by atoms with Crippen LogP contribution >= 0.6 is 0 Å². The van der Waals surface area contributed by atoms with E-state index < -0.39 is 10.0 Å². The Morgan fingerprint density at radius 3 is 2.36 bits per heavy atom. The third kappa shape index (κ3) is 6.52. The molecule has 2 aromatic rings. The van der Waals surface area contributed by atoms with Crippen LogP contribution in [0.15, 0.2) is 53.4 Å². The summed E-state index contributed by atoms with van der Waals surface area (Å²) in [7, 11) is -0.560. The molecule has 0 fully saturated rings. The SMILES string of the molecule is COCCNS(=O)(=O)c1ccc(C(=O)NCCOc2cccc(OC)c2)cc1. The van der Waals surface area contributed by atoms with Crippen molar-refractivity contribution in [3.05, 3.63) is 54.1 Å². The Hall–Kier alpha value is -2.62. The summed E-state index contributed by atoms with van der Waals surface area (Å²) in [5.74, 6) is 1.02. The molecular weight excluding hydrogens is 384 g/mol. The van der Waals surface area contributed by atoms with Crippen molar-refractivity contribution in [2.24, 2.45) is 0 Å². The molecule has 0 aliphatic rings. The molecule has 2 rings (SSSR count). The maximum Gasteiger partial charge on any atom is 0.251 e. The molecule has 0 aromatic heterocycles. The van der Waals surface area contributed by atoms with E-state index in [1.807, 2.05) is 12.1 Å². The van der Waals surface area contributed by atoms with Gasteiger partial charge in [0.15, 0.2) is 0 Å². The molecule has 0 heterocycles. The molecule has 2 N–H and O–H groups in total. The second-order valence-electron chi connectivity index (χ2n) is 5.70. The molecule has 28 heavy (non-hydrogen) atoms. The van der Waals surface area contributed by atoms with Crippen LogP contribution in [0, 0.1) is 0 Å². The summed E-state index contributed by atoms with van der Waals surface area (Å²) in [6.07, 6.45) is 0. The molecule has 0 radical (unpaired) electrons. The number of carbonyl (C=O) groups excluding carboxylic acids is 1. The number of benzene rings is 2. The summed E-state index contributed by atoms with van der Waals surface area (Å²) in [6.45, 7) is 1.04. The van der Waals surface area contributed by atoms with E-state index in [0.717, 1.165) is 0 Å². The van der Waals surface area contributed by atoms with E-state index in [-0.39, 0.29) is 30.6 Å². The summed E-state index contributed by atoms with van der Waals surface area (Å²) in [6, 6.07) is 12.9. The van der Waals surface area contributed by atoms with Crippen LogP contribution < -0.4 is 19.5 Å². The van der Waals surface area contributed by atoms with Gasteiger partial charge in [-0.05, 0) is 36.4 Å². The van der Waals surface area contributed by atoms with Crippen molar-refractivity contribution in [2.75, 3.05) is 40.5 Å². The summed E-state index contributed by atoms with van der Waals surface area (Å²) < 4.78 is 42.1. The molecule has 0 unspecified atom stereocenters. The highest BCUT2D eigenvalue weighted by Gasteiger charge is 2.14. The predicted octanol–water partition coefficient (Wildman–Crippen LogP) is 1.43. The summed E-state index contributed by atoms with van der Waals surface area (Å²) in [4.78, 5) is 12.2. The molecule has 8 nitrogen and oxygen atoms in total. The zero-order valence-corrected chi connectivity index (χ0v) is 16.6. The van der Waals surface area contributed by atoms with E-state index in [2.05, 4.69) is 10.0 Å². The third-order valence-corrected chi connectivity index (χ3v) is 5.20. The number of hydrogen-bond acceptors (Lipinski definition) is 6. The Balaban J connectivity index is 1.82. The molecule has 0 saturated heterocycles. The van der Waals surface area contributed by atoms with Crippen molar-refractivity contribution in [2.45, 2.75) is 4.90 Å².